The molecule has 142 valence electrons. The average Bonchev–Trinajstić information content (AvgIpc) is 3.29. The maximum absolute atomic E-state index is 13.8. The van der Waals surface area contributed by atoms with Crippen LogP contribution in [0.2, 0.25) is 0 Å². The molecule has 2 aromatic carbocycles. The topological polar surface area (TPSA) is 70.7 Å². The molecule has 0 bridgehead atoms. The van der Waals surface area contributed by atoms with E-state index in [1.165, 1.54) is 23.6 Å². The molecular weight excluding hydrogens is 396 g/mol. The number of halogens is 4. The van der Waals surface area contributed by atoms with E-state index >= 15 is 0 Å². The number of anilines is 1. The van der Waals surface area contributed by atoms with Crippen LogP contribution in [-0.4, -0.2) is 20.9 Å². The Morgan fingerprint density at radius 2 is 1.93 bits per heavy atom. The minimum absolute atomic E-state index is 0.0184. The molecule has 0 saturated carbocycles. The number of H-pyrrole nitrogens is 1. The van der Waals surface area contributed by atoms with Gasteiger partial charge in [-0.15, -0.1) is 11.3 Å². The highest BCUT2D eigenvalue weighted by Crippen LogP contribution is 2.28. The fraction of sp³-hybridized carbons (Fsp3) is 0.0556. The van der Waals surface area contributed by atoms with Gasteiger partial charge in [-0.05, 0) is 36.4 Å². The van der Waals surface area contributed by atoms with Crippen LogP contribution in [0.15, 0.2) is 41.8 Å². The quantitative estimate of drug-likeness (QED) is 0.460. The number of thiazole rings is 1. The van der Waals surface area contributed by atoms with Crippen molar-refractivity contribution in [3.63, 3.8) is 0 Å². The third-order valence-electron chi connectivity index (χ3n) is 3.90. The van der Waals surface area contributed by atoms with Gasteiger partial charge in [0.25, 0.3) is 12.3 Å². The van der Waals surface area contributed by atoms with Gasteiger partial charge in [-0.25, -0.2) is 27.5 Å². The molecule has 0 unspecified atom stereocenters. The van der Waals surface area contributed by atoms with Gasteiger partial charge in [-0.3, -0.25) is 10.1 Å². The molecule has 4 rings (SSSR count). The molecule has 0 atom stereocenters. The highest BCUT2D eigenvalue weighted by Gasteiger charge is 2.16. The minimum Gasteiger partial charge on any atom is -0.337 e. The Kier molecular flexibility index (Phi) is 4.55. The number of rotatable bonds is 4. The van der Waals surface area contributed by atoms with Gasteiger partial charge in [0, 0.05) is 16.5 Å². The second-order valence-electron chi connectivity index (χ2n) is 5.77. The summed E-state index contributed by atoms with van der Waals surface area (Å²) in [5, 5.41) is 4.22. The minimum atomic E-state index is -2.75. The molecule has 2 heterocycles. The number of carbonyl (C=O) groups excluding carboxylic acids is 1. The largest absolute Gasteiger partial charge is 0.337 e. The molecule has 0 fully saturated rings. The molecule has 10 heteroatoms. The molecule has 28 heavy (non-hydrogen) atoms. The molecule has 0 saturated heterocycles. The summed E-state index contributed by atoms with van der Waals surface area (Å²) < 4.78 is 52.6. The number of amides is 1. The van der Waals surface area contributed by atoms with E-state index in [4.69, 9.17) is 0 Å². The van der Waals surface area contributed by atoms with Gasteiger partial charge >= 0.3 is 0 Å². The van der Waals surface area contributed by atoms with Crippen LogP contribution in [0.4, 0.5) is 22.7 Å². The van der Waals surface area contributed by atoms with Gasteiger partial charge < -0.3 is 4.98 Å². The Hall–Kier alpha value is -3.27. The zero-order valence-electron chi connectivity index (χ0n) is 13.8. The standard InChI is InChI=1S/C18H10F4N4OS/c19-9-2-3-11(20)10(6-9)14-7-28-18(25-14)26-17(27)8-1-4-12-13(5-8)24-16(23-12)15(21)22/h1-7,15H,(H,23,24)(H,25,26,27). The zero-order valence-corrected chi connectivity index (χ0v) is 14.7. The summed E-state index contributed by atoms with van der Waals surface area (Å²) in [5.74, 6) is -2.25. The number of carbonyl (C=O) groups is 1. The second-order valence-corrected chi connectivity index (χ2v) is 6.63. The van der Waals surface area contributed by atoms with E-state index in [-0.39, 0.29) is 22.0 Å². The number of hydrogen-bond donors (Lipinski definition) is 2. The molecule has 0 aliphatic rings. The molecule has 0 spiro atoms. The first-order valence-electron chi connectivity index (χ1n) is 7.91. The number of alkyl halides is 2. The summed E-state index contributed by atoms with van der Waals surface area (Å²) in [6.45, 7) is 0. The van der Waals surface area contributed by atoms with Crippen LogP contribution < -0.4 is 5.32 Å². The van der Waals surface area contributed by atoms with Crippen molar-refractivity contribution in [2.75, 3.05) is 5.32 Å². The Labute approximate surface area is 159 Å². The highest BCUT2D eigenvalue weighted by atomic mass is 32.1. The van der Waals surface area contributed by atoms with Crippen molar-refractivity contribution in [3.05, 3.63) is 64.8 Å². The van der Waals surface area contributed by atoms with Crippen LogP contribution in [0, 0.1) is 11.6 Å². The molecule has 2 N–H and O–H groups in total. The third kappa shape index (κ3) is 3.46. The van der Waals surface area contributed by atoms with E-state index in [1.54, 1.807) is 0 Å². The molecule has 0 radical (unpaired) electrons. The third-order valence-corrected chi connectivity index (χ3v) is 4.66. The van der Waals surface area contributed by atoms with Crippen molar-refractivity contribution < 1.29 is 22.4 Å². The van der Waals surface area contributed by atoms with Gasteiger partial charge in [0.05, 0.1) is 16.7 Å². The lowest BCUT2D eigenvalue weighted by Gasteiger charge is -2.02. The Bertz CT molecular complexity index is 1190. The van der Waals surface area contributed by atoms with Crippen LogP contribution in [0.25, 0.3) is 22.3 Å². The first kappa shape index (κ1) is 18.1. The smallest absolute Gasteiger partial charge is 0.295 e. The van der Waals surface area contributed by atoms with Crippen molar-refractivity contribution >= 4 is 33.4 Å². The first-order chi connectivity index (χ1) is 13.4. The van der Waals surface area contributed by atoms with Crippen LogP contribution in [0.5, 0.6) is 0 Å². The zero-order chi connectivity index (χ0) is 19.8. The average molecular weight is 406 g/mol. The van der Waals surface area contributed by atoms with Gasteiger partial charge in [-0.2, -0.15) is 0 Å². The monoisotopic (exact) mass is 406 g/mol. The molecular formula is C18H10F4N4OS. The predicted octanol–water partition coefficient (Wildman–Crippen LogP) is 5.15. The fourth-order valence-corrected chi connectivity index (χ4v) is 3.30. The summed E-state index contributed by atoms with van der Waals surface area (Å²) in [6, 6.07) is 7.29. The summed E-state index contributed by atoms with van der Waals surface area (Å²) >= 11 is 1.04. The lowest BCUT2D eigenvalue weighted by Crippen LogP contribution is -2.11. The van der Waals surface area contributed by atoms with Crippen LogP contribution in [0.3, 0.4) is 0 Å². The van der Waals surface area contributed by atoms with Crippen molar-refractivity contribution in [2.24, 2.45) is 0 Å². The maximum atomic E-state index is 13.8. The summed E-state index contributed by atoms with van der Waals surface area (Å²) in [4.78, 5) is 22.7. The first-order valence-corrected chi connectivity index (χ1v) is 8.79. The Balaban J connectivity index is 1.56. The number of hydrogen-bond acceptors (Lipinski definition) is 4. The molecule has 1 amide bonds. The number of aromatic amines is 1. The SMILES string of the molecule is O=C(Nc1nc(-c2cc(F)ccc2F)cs1)c1ccc2nc(C(F)F)[nH]c2c1. The molecule has 0 aliphatic carbocycles. The van der Waals surface area contributed by atoms with Crippen LogP contribution in [0.1, 0.15) is 22.6 Å². The Morgan fingerprint density at radius 3 is 2.71 bits per heavy atom. The predicted molar refractivity (Wildman–Crippen MR) is 96.5 cm³/mol. The van der Waals surface area contributed by atoms with E-state index in [0.717, 1.165) is 29.5 Å². The van der Waals surface area contributed by atoms with Gasteiger partial charge in [0.1, 0.15) is 11.6 Å². The van der Waals surface area contributed by atoms with E-state index in [2.05, 4.69) is 20.3 Å². The number of nitrogens with zero attached hydrogens (tertiary/aromatic N) is 2. The number of benzene rings is 2. The van der Waals surface area contributed by atoms with Crippen molar-refractivity contribution in [3.8, 4) is 11.3 Å². The van der Waals surface area contributed by atoms with Crippen LogP contribution in [-0.2, 0) is 0 Å². The fourth-order valence-electron chi connectivity index (χ4n) is 2.59. The van der Waals surface area contributed by atoms with Gasteiger partial charge in [0.2, 0.25) is 0 Å². The molecule has 5 nitrogen and oxygen atoms in total. The number of fused-ring (bicyclic) bond motifs is 1. The van der Waals surface area contributed by atoms with Crippen LogP contribution >= 0.6 is 11.3 Å². The van der Waals surface area contributed by atoms with E-state index in [9.17, 15) is 22.4 Å². The summed E-state index contributed by atoms with van der Waals surface area (Å²) in [7, 11) is 0. The number of nitrogens with one attached hydrogen (secondary N) is 2. The van der Waals surface area contributed by atoms with E-state index in [0.29, 0.717) is 11.0 Å². The lowest BCUT2D eigenvalue weighted by molar-refractivity contribution is 0.102. The lowest BCUT2D eigenvalue weighted by atomic mass is 10.1. The number of aromatic nitrogens is 3. The van der Waals surface area contributed by atoms with Crippen molar-refractivity contribution in [1.82, 2.24) is 15.0 Å². The normalized spacial score (nSPS) is 11.3. The number of imidazole rings is 1. The maximum Gasteiger partial charge on any atom is 0.295 e. The van der Waals surface area contributed by atoms with Crippen molar-refractivity contribution in [2.45, 2.75) is 6.43 Å². The summed E-state index contributed by atoms with van der Waals surface area (Å²) in [6.07, 6.45) is -2.75. The van der Waals surface area contributed by atoms with Crippen molar-refractivity contribution in [1.29, 1.82) is 0 Å². The van der Waals surface area contributed by atoms with Gasteiger partial charge in [0.15, 0.2) is 11.0 Å². The van der Waals surface area contributed by atoms with E-state index in [1.807, 2.05) is 0 Å². The molecule has 0 aliphatic heterocycles. The summed E-state index contributed by atoms with van der Waals surface area (Å²) in [5.41, 5.74) is 0.971. The molecule has 4 aromatic rings. The second kappa shape index (κ2) is 7.04. The molecule has 2 aromatic heterocycles. The highest BCUT2D eigenvalue weighted by molar-refractivity contribution is 7.14. The Morgan fingerprint density at radius 1 is 1.11 bits per heavy atom. The van der Waals surface area contributed by atoms with E-state index < -0.39 is 29.8 Å². The van der Waals surface area contributed by atoms with Gasteiger partial charge in [-0.1, -0.05) is 0 Å².